The van der Waals surface area contributed by atoms with Crippen LogP contribution in [0.4, 0.5) is 4.79 Å². The van der Waals surface area contributed by atoms with E-state index >= 15 is 0 Å². The maximum absolute atomic E-state index is 12.5. The third-order valence-corrected chi connectivity index (χ3v) is 5.58. The van der Waals surface area contributed by atoms with E-state index in [2.05, 4.69) is 56.5 Å². The molecule has 0 N–H and O–H groups in total. The number of imide groups is 1. The highest BCUT2D eigenvalue weighted by molar-refractivity contribution is 8.18. The van der Waals surface area contributed by atoms with Crippen molar-refractivity contribution in [2.75, 3.05) is 6.54 Å². The normalized spacial score (nSPS) is 16.2. The summed E-state index contributed by atoms with van der Waals surface area (Å²) in [6, 6.07) is 8.48. The van der Waals surface area contributed by atoms with Crippen LogP contribution in [0.1, 0.15) is 41.4 Å². The second-order valence-electron chi connectivity index (χ2n) is 6.79. The van der Waals surface area contributed by atoms with Crippen molar-refractivity contribution >= 4 is 29.0 Å². The Balaban J connectivity index is 2.01. The molecule has 0 unspecified atom stereocenters. The first-order valence-electron chi connectivity index (χ1n) is 8.85. The van der Waals surface area contributed by atoms with Gasteiger partial charge < -0.3 is 4.57 Å². The summed E-state index contributed by atoms with van der Waals surface area (Å²) in [6.45, 7) is 10.7. The number of rotatable bonds is 4. The van der Waals surface area contributed by atoms with E-state index in [1.54, 1.807) is 0 Å². The van der Waals surface area contributed by atoms with Crippen LogP contribution in [0, 0.1) is 27.7 Å². The Morgan fingerprint density at radius 3 is 2.46 bits per heavy atom. The minimum Gasteiger partial charge on any atom is -0.318 e. The fourth-order valence-electron chi connectivity index (χ4n) is 3.42. The van der Waals surface area contributed by atoms with Crippen molar-refractivity contribution in [3.8, 4) is 5.69 Å². The highest BCUT2D eigenvalue weighted by atomic mass is 32.2. The van der Waals surface area contributed by atoms with Crippen LogP contribution in [0.15, 0.2) is 29.2 Å². The monoisotopic (exact) mass is 368 g/mol. The van der Waals surface area contributed by atoms with E-state index in [0.717, 1.165) is 40.8 Å². The lowest BCUT2D eigenvalue weighted by molar-refractivity contribution is -0.122. The summed E-state index contributed by atoms with van der Waals surface area (Å²) >= 11 is 1.03. The number of nitrogens with zero attached hydrogens (tertiary/aromatic N) is 2. The number of benzene rings is 1. The molecule has 1 aromatic carbocycles. The lowest BCUT2D eigenvalue weighted by Crippen LogP contribution is -2.28. The maximum atomic E-state index is 12.5. The zero-order chi connectivity index (χ0) is 19.0. The molecular weight excluding hydrogens is 344 g/mol. The lowest BCUT2D eigenvalue weighted by Gasteiger charge is -2.13. The summed E-state index contributed by atoms with van der Waals surface area (Å²) in [7, 11) is 0. The molecule has 0 atom stereocenters. The van der Waals surface area contributed by atoms with Crippen molar-refractivity contribution in [2.45, 2.75) is 41.0 Å². The summed E-state index contributed by atoms with van der Waals surface area (Å²) in [6.07, 6.45) is 2.62. The molecule has 0 saturated carbocycles. The predicted octanol–water partition coefficient (Wildman–Crippen LogP) is 5.16. The Bertz CT molecular complexity index is 924. The van der Waals surface area contributed by atoms with E-state index in [-0.39, 0.29) is 11.1 Å². The number of carbonyl (C=O) groups excluding carboxylic acids is 2. The summed E-state index contributed by atoms with van der Waals surface area (Å²) in [5, 5.41) is -0.175. The van der Waals surface area contributed by atoms with Gasteiger partial charge in [-0.05, 0) is 75.2 Å². The molecule has 0 radical (unpaired) electrons. The fraction of sp³-hybridized carbons (Fsp3) is 0.333. The molecule has 136 valence electrons. The van der Waals surface area contributed by atoms with Crippen LogP contribution < -0.4 is 0 Å². The van der Waals surface area contributed by atoms with Gasteiger partial charge in [0.15, 0.2) is 0 Å². The van der Waals surface area contributed by atoms with Gasteiger partial charge in [-0.15, -0.1) is 0 Å². The minimum atomic E-state index is -0.182. The van der Waals surface area contributed by atoms with Gasteiger partial charge >= 0.3 is 0 Å². The molecule has 0 aliphatic carbocycles. The first-order chi connectivity index (χ1) is 12.3. The first-order valence-corrected chi connectivity index (χ1v) is 9.67. The zero-order valence-corrected chi connectivity index (χ0v) is 16.7. The Labute approximate surface area is 158 Å². The molecule has 2 heterocycles. The zero-order valence-electron chi connectivity index (χ0n) is 15.9. The van der Waals surface area contributed by atoms with Gasteiger partial charge in [0.05, 0.1) is 4.91 Å². The molecular formula is C21H24N2O2S. The Kier molecular flexibility index (Phi) is 5.10. The van der Waals surface area contributed by atoms with Crippen molar-refractivity contribution in [3.05, 3.63) is 57.2 Å². The second kappa shape index (κ2) is 7.16. The molecule has 2 aromatic rings. The number of hydrogen-bond acceptors (Lipinski definition) is 3. The summed E-state index contributed by atoms with van der Waals surface area (Å²) in [4.78, 5) is 26.4. The minimum absolute atomic E-state index is 0.175. The van der Waals surface area contributed by atoms with Crippen LogP contribution >= 0.6 is 11.8 Å². The van der Waals surface area contributed by atoms with Crippen molar-refractivity contribution in [1.82, 2.24) is 9.47 Å². The standard InChI is InChI=1S/C21H24N2O2S/c1-6-9-22-20(24)19(26-21(22)25)12-17-11-15(4)23(16(17)5)18-8-7-13(2)10-14(18)3/h7-8,10-12H,6,9H2,1-5H3/b19-12+. The number of aromatic nitrogens is 1. The van der Waals surface area contributed by atoms with Crippen molar-refractivity contribution in [3.63, 3.8) is 0 Å². The molecule has 2 amide bonds. The van der Waals surface area contributed by atoms with Gasteiger partial charge in [0, 0.05) is 23.6 Å². The van der Waals surface area contributed by atoms with E-state index < -0.39 is 0 Å². The van der Waals surface area contributed by atoms with Crippen molar-refractivity contribution in [1.29, 1.82) is 0 Å². The van der Waals surface area contributed by atoms with E-state index in [1.807, 2.05) is 13.0 Å². The average molecular weight is 369 g/mol. The number of aryl methyl sites for hydroxylation is 3. The van der Waals surface area contributed by atoms with E-state index in [1.165, 1.54) is 16.0 Å². The van der Waals surface area contributed by atoms with Gasteiger partial charge in [-0.25, -0.2) is 0 Å². The van der Waals surface area contributed by atoms with Crippen LogP contribution in [-0.4, -0.2) is 27.2 Å². The van der Waals surface area contributed by atoms with Crippen LogP contribution in [0.25, 0.3) is 11.8 Å². The molecule has 1 aliphatic rings. The molecule has 4 nitrogen and oxygen atoms in total. The second-order valence-corrected chi connectivity index (χ2v) is 7.78. The van der Waals surface area contributed by atoms with Gasteiger partial charge in [-0.2, -0.15) is 0 Å². The molecule has 1 fully saturated rings. The van der Waals surface area contributed by atoms with Crippen LogP contribution in [0.3, 0.4) is 0 Å². The summed E-state index contributed by atoms with van der Waals surface area (Å²) in [5.74, 6) is -0.182. The van der Waals surface area contributed by atoms with Crippen LogP contribution in [0.5, 0.6) is 0 Å². The number of carbonyl (C=O) groups is 2. The summed E-state index contributed by atoms with van der Waals surface area (Å²) < 4.78 is 2.21. The molecule has 0 spiro atoms. The molecule has 26 heavy (non-hydrogen) atoms. The van der Waals surface area contributed by atoms with E-state index in [0.29, 0.717) is 11.4 Å². The third-order valence-electron chi connectivity index (χ3n) is 4.67. The Morgan fingerprint density at radius 2 is 1.81 bits per heavy atom. The number of thioether (sulfide) groups is 1. The fourth-order valence-corrected chi connectivity index (χ4v) is 4.27. The topological polar surface area (TPSA) is 42.3 Å². The van der Waals surface area contributed by atoms with Gasteiger partial charge in [-0.1, -0.05) is 24.6 Å². The lowest BCUT2D eigenvalue weighted by atomic mass is 10.1. The van der Waals surface area contributed by atoms with Crippen molar-refractivity contribution < 1.29 is 9.59 Å². The largest absolute Gasteiger partial charge is 0.318 e. The SMILES string of the molecule is CCCN1C(=O)S/C(=C/c2cc(C)n(-c3ccc(C)cc3C)c2C)C1=O. The Hall–Kier alpha value is -2.27. The van der Waals surface area contributed by atoms with Gasteiger partial charge in [0.25, 0.3) is 11.1 Å². The molecule has 0 bridgehead atoms. The van der Waals surface area contributed by atoms with E-state index in [9.17, 15) is 9.59 Å². The maximum Gasteiger partial charge on any atom is 0.293 e. The average Bonchev–Trinajstić information content (AvgIpc) is 2.99. The highest BCUT2D eigenvalue weighted by Crippen LogP contribution is 2.34. The summed E-state index contributed by atoms with van der Waals surface area (Å²) in [5.41, 5.74) is 6.74. The van der Waals surface area contributed by atoms with Gasteiger partial charge in [0.2, 0.25) is 0 Å². The van der Waals surface area contributed by atoms with Crippen molar-refractivity contribution in [2.24, 2.45) is 0 Å². The highest BCUT2D eigenvalue weighted by Gasteiger charge is 2.34. The van der Waals surface area contributed by atoms with Gasteiger partial charge in [0.1, 0.15) is 0 Å². The molecule has 1 aromatic heterocycles. The van der Waals surface area contributed by atoms with E-state index in [4.69, 9.17) is 0 Å². The Morgan fingerprint density at radius 1 is 1.08 bits per heavy atom. The number of amides is 2. The molecule has 5 heteroatoms. The van der Waals surface area contributed by atoms with Gasteiger partial charge in [-0.3, -0.25) is 14.5 Å². The molecule has 1 aliphatic heterocycles. The number of hydrogen-bond donors (Lipinski definition) is 0. The van der Waals surface area contributed by atoms with Crippen LogP contribution in [0.2, 0.25) is 0 Å². The van der Waals surface area contributed by atoms with Crippen LogP contribution in [-0.2, 0) is 4.79 Å². The molecule has 1 saturated heterocycles. The quantitative estimate of drug-likeness (QED) is 0.700. The first kappa shape index (κ1) is 18.5. The predicted molar refractivity (Wildman–Crippen MR) is 108 cm³/mol. The third kappa shape index (κ3) is 3.23. The smallest absolute Gasteiger partial charge is 0.293 e. The molecule has 3 rings (SSSR count).